The number of alkyl halides is 3. The van der Waals surface area contributed by atoms with Gasteiger partial charge in [-0.05, 0) is 36.6 Å². The maximum Gasteiger partial charge on any atom is 0.416 e. The topological polar surface area (TPSA) is 78.5 Å². The minimum absolute atomic E-state index is 0.380. The number of halogens is 3. The maximum atomic E-state index is 13.4. The van der Waals surface area contributed by atoms with Crippen molar-refractivity contribution in [3.8, 4) is 0 Å². The highest BCUT2D eigenvalue weighted by atomic mass is 19.4. The smallest absolute Gasteiger partial charge is 0.324 e. The van der Waals surface area contributed by atoms with Gasteiger partial charge >= 0.3 is 12.2 Å². The van der Waals surface area contributed by atoms with E-state index in [1.807, 2.05) is 19.1 Å². The van der Waals surface area contributed by atoms with Crippen LogP contribution in [0.2, 0.25) is 0 Å². The van der Waals surface area contributed by atoms with Crippen LogP contribution < -0.4 is 10.6 Å². The molecule has 1 heterocycles. The SMILES string of the molecule is CCc1ccccc1NC(=O)CN1C(=O)N[C@@](C)(c2ccccc2C(F)(F)F)C1=O. The summed E-state index contributed by atoms with van der Waals surface area (Å²) in [5, 5.41) is 4.95. The quantitative estimate of drug-likeness (QED) is 0.726. The third-order valence-corrected chi connectivity index (χ3v) is 5.02. The van der Waals surface area contributed by atoms with Crippen LogP contribution in [0.15, 0.2) is 48.5 Å². The summed E-state index contributed by atoms with van der Waals surface area (Å²) in [6.45, 7) is 2.49. The minimum Gasteiger partial charge on any atom is -0.324 e. The fourth-order valence-corrected chi connectivity index (χ4v) is 3.47. The fraction of sp³-hybridized carbons (Fsp3) is 0.286. The number of nitrogens with zero attached hydrogens (tertiary/aromatic N) is 1. The number of imide groups is 1. The molecule has 1 aliphatic heterocycles. The first kappa shape index (κ1) is 21.4. The van der Waals surface area contributed by atoms with Gasteiger partial charge in [-0.25, -0.2) is 4.79 Å². The summed E-state index contributed by atoms with van der Waals surface area (Å²) >= 11 is 0. The van der Waals surface area contributed by atoms with Gasteiger partial charge in [0.05, 0.1) is 5.56 Å². The third kappa shape index (κ3) is 3.87. The van der Waals surface area contributed by atoms with E-state index in [1.54, 1.807) is 12.1 Å². The van der Waals surface area contributed by atoms with Gasteiger partial charge < -0.3 is 10.6 Å². The number of aryl methyl sites for hydroxylation is 1. The lowest BCUT2D eigenvalue weighted by atomic mass is 9.87. The highest BCUT2D eigenvalue weighted by molar-refractivity contribution is 6.10. The molecule has 0 radical (unpaired) electrons. The number of nitrogens with one attached hydrogen (secondary N) is 2. The molecule has 1 atom stereocenters. The number of urea groups is 1. The van der Waals surface area contributed by atoms with E-state index in [9.17, 15) is 27.6 Å². The van der Waals surface area contributed by atoms with E-state index in [0.29, 0.717) is 17.0 Å². The number of hydrogen-bond acceptors (Lipinski definition) is 3. The number of hydrogen-bond donors (Lipinski definition) is 2. The number of benzene rings is 2. The summed E-state index contributed by atoms with van der Waals surface area (Å²) in [7, 11) is 0. The highest BCUT2D eigenvalue weighted by Gasteiger charge is 2.52. The second kappa shape index (κ2) is 7.81. The van der Waals surface area contributed by atoms with Crippen LogP contribution in [-0.4, -0.2) is 29.3 Å². The molecule has 3 rings (SSSR count). The van der Waals surface area contributed by atoms with Crippen LogP contribution in [0.4, 0.5) is 23.7 Å². The van der Waals surface area contributed by atoms with Crippen molar-refractivity contribution in [2.24, 2.45) is 0 Å². The number of amides is 4. The first-order valence-corrected chi connectivity index (χ1v) is 9.26. The van der Waals surface area contributed by atoms with Gasteiger partial charge in [-0.1, -0.05) is 43.3 Å². The maximum absolute atomic E-state index is 13.4. The van der Waals surface area contributed by atoms with Crippen LogP contribution in [-0.2, 0) is 27.7 Å². The Labute approximate surface area is 171 Å². The Morgan fingerprint density at radius 1 is 1.10 bits per heavy atom. The lowest BCUT2D eigenvalue weighted by Crippen LogP contribution is -2.43. The number of rotatable bonds is 5. The molecule has 2 aromatic rings. The second-order valence-corrected chi connectivity index (χ2v) is 7.05. The van der Waals surface area contributed by atoms with Crippen molar-refractivity contribution < 1.29 is 27.6 Å². The zero-order valence-electron chi connectivity index (χ0n) is 16.3. The molecule has 0 saturated carbocycles. The zero-order valence-corrected chi connectivity index (χ0v) is 16.3. The number of para-hydroxylation sites is 1. The predicted molar refractivity (Wildman–Crippen MR) is 103 cm³/mol. The van der Waals surface area contributed by atoms with E-state index >= 15 is 0 Å². The Morgan fingerprint density at radius 2 is 1.73 bits per heavy atom. The average Bonchev–Trinajstić information content (AvgIpc) is 2.91. The van der Waals surface area contributed by atoms with Crippen molar-refractivity contribution >= 4 is 23.5 Å². The summed E-state index contributed by atoms with van der Waals surface area (Å²) in [5.74, 6) is -1.56. The van der Waals surface area contributed by atoms with Crippen LogP contribution >= 0.6 is 0 Å². The van der Waals surface area contributed by atoms with Crippen molar-refractivity contribution in [2.45, 2.75) is 32.0 Å². The normalized spacial score (nSPS) is 19.0. The van der Waals surface area contributed by atoms with E-state index in [4.69, 9.17) is 0 Å². The number of carbonyl (C=O) groups excluding carboxylic acids is 3. The molecule has 4 amide bonds. The largest absolute Gasteiger partial charge is 0.416 e. The molecule has 0 unspecified atom stereocenters. The van der Waals surface area contributed by atoms with E-state index in [-0.39, 0.29) is 5.56 Å². The summed E-state index contributed by atoms with van der Waals surface area (Å²) in [5.41, 5.74) is -1.93. The third-order valence-electron chi connectivity index (χ3n) is 5.02. The zero-order chi connectivity index (χ0) is 22.1. The van der Waals surface area contributed by atoms with Crippen LogP contribution in [0.1, 0.15) is 30.5 Å². The van der Waals surface area contributed by atoms with Crippen LogP contribution in [0.25, 0.3) is 0 Å². The Morgan fingerprint density at radius 3 is 2.40 bits per heavy atom. The van der Waals surface area contributed by atoms with Gasteiger partial charge in [0.25, 0.3) is 5.91 Å². The summed E-state index contributed by atoms with van der Waals surface area (Å²) < 4.78 is 40.2. The molecule has 0 bridgehead atoms. The number of carbonyl (C=O) groups is 3. The van der Waals surface area contributed by atoms with Crippen molar-refractivity contribution in [3.05, 3.63) is 65.2 Å². The van der Waals surface area contributed by atoms with Gasteiger partial charge in [0.1, 0.15) is 12.1 Å². The molecular weight excluding hydrogens is 399 g/mol. The van der Waals surface area contributed by atoms with Gasteiger partial charge in [-0.2, -0.15) is 13.2 Å². The van der Waals surface area contributed by atoms with Gasteiger partial charge in [0.15, 0.2) is 0 Å². The Bertz CT molecular complexity index is 1010. The predicted octanol–water partition coefficient (Wildman–Crippen LogP) is 3.67. The first-order valence-electron chi connectivity index (χ1n) is 9.26. The van der Waals surface area contributed by atoms with Crippen LogP contribution in [0.3, 0.4) is 0 Å². The molecule has 0 aliphatic carbocycles. The van der Waals surface area contributed by atoms with Crippen LogP contribution in [0.5, 0.6) is 0 Å². The lowest BCUT2D eigenvalue weighted by Gasteiger charge is -2.25. The van der Waals surface area contributed by atoms with Crippen molar-refractivity contribution in [1.82, 2.24) is 10.2 Å². The summed E-state index contributed by atoms with van der Waals surface area (Å²) in [4.78, 5) is 38.4. The number of anilines is 1. The van der Waals surface area contributed by atoms with Gasteiger partial charge in [-0.15, -0.1) is 0 Å². The standard InChI is InChI=1S/C21H20F3N3O3/c1-3-13-8-4-7-11-16(13)25-17(28)12-27-18(29)20(2,26-19(27)30)14-9-5-6-10-15(14)21(22,23)24/h4-11H,3,12H2,1-2H3,(H,25,28)(H,26,30)/t20-/m0/s1. The lowest BCUT2D eigenvalue weighted by molar-refractivity contribution is -0.140. The second-order valence-electron chi connectivity index (χ2n) is 7.05. The van der Waals surface area contributed by atoms with E-state index in [1.165, 1.54) is 19.1 Å². The van der Waals surface area contributed by atoms with Gasteiger partial charge in [-0.3, -0.25) is 14.5 Å². The van der Waals surface area contributed by atoms with Crippen LogP contribution in [0, 0.1) is 0 Å². The molecule has 1 saturated heterocycles. The van der Waals surface area contributed by atoms with Crippen molar-refractivity contribution in [2.75, 3.05) is 11.9 Å². The molecule has 0 aromatic heterocycles. The molecule has 0 spiro atoms. The first-order chi connectivity index (χ1) is 14.1. The molecule has 2 N–H and O–H groups in total. The highest BCUT2D eigenvalue weighted by Crippen LogP contribution is 2.39. The Kier molecular flexibility index (Phi) is 5.56. The molecule has 9 heteroatoms. The summed E-state index contributed by atoms with van der Waals surface area (Å²) in [6, 6.07) is 10.7. The van der Waals surface area contributed by atoms with Gasteiger partial charge in [0, 0.05) is 5.69 Å². The fourth-order valence-electron chi connectivity index (χ4n) is 3.47. The Balaban J connectivity index is 1.84. The van der Waals surface area contributed by atoms with E-state index in [0.717, 1.165) is 17.7 Å². The molecule has 30 heavy (non-hydrogen) atoms. The Hall–Kier alpha value is -3.36. The molecule has 6 nitrogen and oxygen atoms in total. The van der Waals surface area contributed by atoms with E-state index < -0.39 is 41.7 Å². The minimum atomic E-state index is -4.71. The molecule has 158 valence electrons. The van der Waals surface area contributed by atoms with Crippen molar-refractivity contribution in [1.29, 1.82) is 0 Å². The van der Waals surface area contributed by atoms with Crippen molar-refractivity contribution in [3.63, 3.8) is 0 Å². The molecule has 2 aromatic carbocycles. The molecule has 1 aliphatic rings. The van der Waals surface area contributed by atoms with E-state index in [2.05, 4.69) is 10.6 Å². The monoisotopic (exact) mass is 419 g/mol. The average molecular weight is 419 g/mol. The summed E-state index contributed by atoms with van der Waals surface area (Å²) in [6.07, 6.45) is -4.05. The van der Waals surface area contributed by atoms with Gasteiger partial charge in [0.2, 0.25) is 5.91 Å². The molecular formula is C21H20F3N3O3. The molecule has 1 fully saturated rings.